The molecule has 0 aliphatic heterocycles. The first-order valence-electron chi connectivity index (χ1n) is 3.52. The summed E-state index contributed by atoms with van der Waals surface area (Å²) in [4.78, 5) is 4.70. The molecule has 2 unspecified atom stereocenters. The molecule has 0 bridgehead atoms. The Labute approximate surface area is 61.5 Å². The van der Waals surface area contributed by atoms with Crippen LogP contribution in [0.4, 0.5) is 0 Å². The summed E-state index contributed by atoms with van der Waals surface area (Å²) in [5.41, 5.74) is 5.47. The van der Waals surface area contributed by atoms with Crippen LogP contribution in [0.25, 0.3) is 0 Å². The van der Waals surface area contributed by atoms with Crippen LogP contribution in [0.5, 0.6) is 0 Å². The van der Waals surface area contributed by atoms with Crippen molar-refractivity contribution >= 4 is 0 Å². The van der Waals surface area contributed by atoms with Crippen molar-refractivity contribution in [2.75, 3.05) is 13.7 Å². The summed E-state index contributed by atoms with van der Waals surface area (Å²) in [5.74, 6) is 0. The van der Waals surface area contributed by atoms with Gasteiger partial charge in [0.2, 0.25) is 0 Å². The summed E-state index contributed by atoms with van der Waals surface area (Å²) in [7, 11) is 1.41. The Balaban J connectivity index is 2.91. The van der Waals surface area contributed by atoms with Crippen LogP contribution < -0.4 is 11.0 Å². The maximum Gasteiger partial charge on any atom is 0.107 e. The molecule has 4 nitrogen and oxygen atoms in total. The van der Waals surface area contributed by atoms with Gasteiger partial charge in [-0.25, -0.2) is 10.1 Å². The number of hydroxylamine groups is 2. The molecule has 0 rings (SSSR count). The van der Waals surface area contributed by atoms with Crippen molar-refractivity contribution in [1.82, 2.24) is 0 Å². The molecule has 2 atom stereocenters. The highest BCUT2D eigenvalue weighted by Crippen LogP contribution is 1.91. The van der Waals surface area contributed by atoms with Crippen LogP contribution in [0.15, 0.2) is 0 Å². The van der Waals surface area contributed by atoms with E-state index in [1.54, 1.807) is 0 Å². The Morgan fingerprint density at radius 1 is 1.70 bits per heavy atom. The molecule has 0 radical (unpaired) electrons. The lowest BCUT2D eigenvalue weighted by Crippen LogP contribution is -3.02. The first-order chi connectivity index (χ1) is 4.63. The standard InChI is InChI=1S/C6H16N2O2/c1-6(7)4-3-5-10-8(2)9/h6,8H,3-5,7H2,1-2H3. The molecule has 0 saturated heterocycles. The van der Waals surface area contributed by atoms with E-state index in [2.05, 4.69) is 0 Å². The maximum atomic E-state index is 10.2. The molecule has 0 aliphatic carbocycles. The molecule has 0 aromatic heterocycles. The van der Waals surface area contributed by atoms with Crippen molar-refractivity contribution in [3.63, 3.8) is 0 Å². The zero-order chi connectivity index (χ0) is 7.98. The average molecular weight is 148 g/mol. The Morgan fingerprint density at radius 2 is 2.30 bits per heavy atom. The van der Waals surface area contributed by atoms with Gasteiger partial charge in [-0.15, -0.1) is 0 Å². The summed E-state index contributed by atoms with van der Waals surface area (Å²) in [6.07, 6.45) is 1.77. The van der Waals surface area contributed by atoms with Gasteiger partial charge in [-0.2, -0.15) is 0 Å². The van der Waals surface area contributed by atoms with Crippen LogP contribution in [-0.4, -0.2) is 19.7 Å². The fourth-order valence-electron chi connectivity index (χ4n) is 0.621. The quantitative estimate of drug-likeness (QED) is 0.390. The van der Waals surface area contributed by atoms with E-state index in [4.69, 9.17) is 10.6 Å². The minimum Gasteiger partial charge on any atom is -0.600 e. The molecule has 0 fully saturated rings. The Hall–Kier alpha value is -0.160. The highest BCUT2D eigenvalue weighted by molar-refractivity contribution is 4.50. The minimum absolute atomic E-state index is 0.204. The van der Waals surface area contributed by atoms with Gasteiger partial charge < -0.3 is 10.9 Å². The molecular weight excluding hydrogens is 132 g/mol. The number of hydrogen-bond acceptors (Lipinski definition) is 3. The number of nitrogens with one attached hydrogen (secondary N) is 1. The summed E-state index contributed by atoms with van der Waals surface area (Å²) in [6.45, 7) is 2.44. The lowest BCUT2D eigenvalue weighted by atomic mass is 10.2. The monoisotopic (exact) mass is 148 g/mol. The second kappa shape index (κ2) is 5.61. The third-order valence-corrected chi connectivity index (χ3v) is 1.11. The Kier molecular flexibility index (Phi) is 5.52. The molecule has 0 saturated carbocycles. The number of rotatable bonds is 5. The van der Waals surface area contributed by atoms with Crippen molar-refractivity contribution < 1.29 is 10.1 Å². The fraction of sp³-hybridized carbons (Fsp3) is 1.00. The molecule has 0 amide bonds. The van der Waals surface area contributed by atoms with Gasteiger partial charge in [-0.3, -0.25) is 0 Å². The molecule has 0 aromatic rings. The van der Waals surface area contributed by atoms with Crippen LogP contribution in [0.3, 0.4) is 0 Å². The van der Waals surface area contributed by atoms with Crippen molar-refractivity contribution in [3.8, 4) is 0 Å². The Morgan fingerprint density at radius 3 is 2.70 bits per heavy atom. The second-order valence-corrected chi connectivity index (χ2v) is 2.46. The fourth-order valence-corrected chi connectivity index (χ4v) is 0.621. The maximum absolute atomic E-state index is 10.2. The molecule has 10 heavy (non-hydrogen) atoms. The minimum atomic E-state index is -0.218. The molecule has 0 aliphatic rings. The first-order valence-corrected chi connectivity index (χ1v) is 3.52. The van der Waals surface area contributed by atoms with Gasteiger partial charge in [-0.05, 0) is 19.8 Å². The molecule has 0 heterocycles. The van der Waals surface area contributed by atoms with Crippen LogP contribution in [-0.2, 0) is 4.84 Å². The number of hydrogen-bond donors (Lipinski definition) is 2. The van der Waals surface area contributed by atoms with Crippen molar-refractivity contribution in [3.05, 3.63) is 5.21 Å². The third kappa shape index (κ3) is 7.84. The van der Waals surface area contributed by atoms with E-state index in [1.807, 2.05) is 6.92 Å². The van der Waals surface area contributed by atoms with Gasteiger partial charge in [-0.1, -0.05) is 0 Å². The summed E-state index contributed by atoms with van der Waals surface area (Å²) >= 11 is 0. The molecular formula is C6H16N2O2. The SMILES string of the molecule is CC(N)CCCO[NH+](C)[O-]. The van der Waals surface area contributed by atoms with E-state index in [-0.39, 0.29) is 11.3 Å². The van der Waals surface area contributed by atoms with Gasteiger partial charge in [0.25, 0.3) is 0 Å². The topological polar surface area (TPSA) is 62.8 Å². The molecule has 4 heteroatoms. The lowest BCUT2D eigenvalue weighted by Gasteiger charge is -2.13. The predicted octanol–water partition coefficient (Wildman–Crippen LogP) is -0.942. The van der Waals surface area contributed by atoms with Gasteiger partial charge in [0.05, 0.1) is 7.05 Å². The molecule has 3 N–H and O–H groups in total. The average Bonchev–Trinajstić information content (AvgIpc) is 1.79. The largest absolute Gasteiger partial charge is 0.600 e. The zero-order valence-corrected chi connectivity index (χ0v) is 6.59. The van der Waals surface area contributed by atoms with E-state index in [1.165, 1.54) is 7.05 Å². The lowest BCUT2D eigenvalue weighted by molar-refractivity contribution is -1.04. The zero-order valence-electron chi connectivity index (χ0n) is 6.59. The molecule has 62 valence electrons. The summed E-state index contributed by atoms with van der Waals surface area (Å²) in [5, 5.41) is 10.0. The molecule has 0 spiro atoms. The van der Waals surface area contributed by atoms with E-state index < -0.39 is 0 Å². The predicted molar refractivity (Wildman–Crippen MR) is 39.1 cm³/mol. The number of nitrogens with two attached hydrogens (primary N) is 1. The summed E-state index contributed by atoms with van der Waals surface area (Å²) < 4.78 is 0. The van der Waals surface area contributed by atoms with Crippen molar-refractivity contribution in [2.24, 2.45) is 5.73 Å². The van der Waals surface area contributed by atoms with Crippen LogP contribution in [0.1, 0.15) is 19.8 Å². The normalized spacial score (nSPS) is 16.8. The van der Waals surface area contributed by atoms with E-state index in [0.717, 1.165) is 12.8 Å². The van der Waals surface area contributed by atoms with Crippen molar-refractivity contribution in [1.29, 1.82) is 0 Å². The van der Waals surface area contributed by atoms with E-state index in [0.29, 0.717) is 6.61 Å². The first kappa shape index (κ1) is 9.84. The summed E-state index contributed by atoms with van der Waals surface area (Å²) in [6, 6.07) is 0.204. The van der Waals surface area contributed by atoms with Gasteiger partial charge in [0.15, 0.2) is 0 Å². The van der Waals surface area contributed by atoms with Gasteiger partial charge in [0.1, 0.15) is 6.61 Å². The van der Waals surface area contributed by atoms with Crippen LogP contribution in [0, 0.1) is 5.21 Å². The highest BCUT2D eigenvalue weighted by Gasteiger charge is 1.94. The van der Waals surface area contributed by atoms with E-state index in [9.17, 15) is 5.21 Å². The van der Waals surface area contributed by atoms with Crippen LogP contribution >= 0.6 is 0 Å². The smallest absolute Gasteiger partial charge is 0.107 e. The highest BCUT2D eigenvalue weighted by atomic mass is 16.9. The van der Waals surface area contributed by atoms with Gasteiger partial charge >= 0.3 is 0 Å². The Bertz CT molecular complexity index is 66.1. The molecule has 0 aromatic carbocycles. The van der Waals surface area contributed by atoms with Gasteiger partial charge in [0, 0.05) is 6.04 Å². The number of quaternary nitrogens is 1. The second-order valence-electron chi connectivity index (χ2n) is 2.46. The van der Waals surface area contributed by atoms with E-state index >= 15 is 0 Å². The third-order valence-electron chi connectivity index (χ3n) is 1.11. The van der Waals surface area contributed by atoms with Crippen LogP contribution in [0.2, 0.25) is 0 Å². The van der Waals surface area contributed by atoms with Crippen molar-refractivity contribution in [2.45, 2.75) is 25.8 Å².